The molecule has 0 spiro atoms. The van der Waals surface area contributed by atoms with Gasteiger partial charge >= 0.3 is 11.9 Å². The number of carbonyl (C=O) groups is 2. The van der Waals surface area contributed by atoms with Crippen molar-refractivity contribution in [3.05, 3.63) is 94.2 Å². The Kier molecular flexibility index (Phi) is 5.21. The second-order valence-electron chi connectivity index (χ2n) is 7.58. The Morgan fingerprint density at radius 1 is 1.19 bits per heavy atom. The molecular formula is C22H19FN4O5. The number of hydrogen-bond donors (Lipinski definition) is 0. The summed E-state index contributed by atoms with van der Waals surface area (Å²) in [6.45, 7) is 3.04. The molecule has 2 amide bonds. The van der Waals surface area contributed by atoms with Gasteiger partial charge < -0.3 is 14.9 Å². The van der Waals surface area contributed by atoms with Gasteiger partial charge in [-0.1, -0.05) is 48.5 Å². The van der Waals surface area contributed by atoms with E-state index in [9.17, 15) is 24.1 Å². The Bertz CT molecular complexity index is 1200. The SMILES string of the molecule is CC1C(c2ccccc2)OC(=O)N1C(=O)C(C)(c1ccccc1F)n1cnc([N+](=O)[O-])c1. The van der Waals surface area contributed by atoms with Crippen molar-refractivity contribution in [1.82, 2.24) is 14.5 Å². The van der Waals surface area contributed by atoms with E-state index in [4.69, 9.17) is 4.74 Å². The van der Waals surface area contributed by atoms with Crippen LogP contribution in [0.15, 0.2) is 67.1 Å². The smallest absolute Gasteiger partial charge is 0.417 e. The van der Waals surface area contributed by atoms with Gasteiger partial charge in [-0.15, -0.1) is 0 Å². The number of cyclic esters (lactones) is 1. The fourth-order valence-electron chi connectivity index (χ4n) is 3.93. The summed E-state index contributed by atoms with van der Waals surface area (Å²) < 4.78 is 21.5. The van der Waals surface area contributed by atoms with Gasteiger partial charge in [0.05, 0.1) is 6.04 Å². The number of carbonyl (C=O) groups excluding carboxylic acids is 2. The van der Waals surface area contributed by atoms with Crippen LogP contribution in [0.2, 0.25) is 0 Å². The molecule has 10 heteroatoms. The molecule has 4 rings (SSSR count). The predicted octanol–water partition coefficient (Wildman–Crippen LogP) is 3.80. The fraction of sp³-hybridized carbons (Fsp3) is 0.227. The van der Waals surface area contributed by atoms with Gasteiger partial charge in [-0.25, -0.2) is 14.1 Å². The molecular weight excluding hydrogens is 419 g/mol. The zero-order valence-corrected chi connectivity index (χ0v) is 17.2. The Balaban J connectivity index is 1.81. The van der Waals surface area contributed by atoms with E-state index in [0.717, 1.165) is 22.0 Å². The third kappa shape index (κ3) is 3.29. The van der Waals surface area contributed by atoms with Crippen LogP contribution in [0.25, 0.3) is 0 Å². The van der Waals surface area contributed by atoms with Crippen LogP contribution in [0.5, 0.6) is 0 Å². The molecule has 1 aromatic heterocycles. The molecule has 2 heterocycles. The Hall–Kier alpha value is -4.08. The summed E-state index contributed by atoms with van der Waals surface area (Å²) in [5.74, 6) is -2.02. The number of amides is 2. The summed E-state index contributed by atoms with van der Waals surface area (Å²) in [7, 11) is 0. The first kappa shape index (κ1) is 21.2. The summed E-state index contributed by atoms with van der Waals surface area (Å²) in [5.41, 5.74) is -1.21. The summed E-state index contributed by atoms with van der Waals surface area (Å²) in [4.78, 5) is 41.7. The Morgan fingerprint density at radius 3 is 2.47 bits per heavy atom. The van der Waals surface area contributed by atoms with Crippen LogP contribution in [0.1, 0.15) is 31.1 Å². The van der Waals surface area contributed by atoms with Crippen molar-refractivity contribution in [1.29, 1.82) is 0 Å². The van der Waals surface area contributed by atoms with E-state index in [0.29, 0.717) is 5.56 Å². The number of ether oxygens (including phenoxy) is 1. The number of imidazole rings is 1. The number of nitro groups is 1. The molecule has 1 aliphatic rings. The third-order valence-corrected chi connectivity index (χ3v) is 5.70. The van der Waals surface area contributed by atoms with E-state index in [-0.39, 0.29) is 5.56 Å². The van der Waals surface area contributed by atoms with E-state index in [1.165, 1.54) is 31.2 Å². The van der Waals surface area contributed by atoms with Gasteiger partial charge in [0.25, 0.3) is 5.91 Å². The average molecular weight is 438 g/mol. The lowest BCUT2D eigenvalue weighted by Crippen LogP contribution is -2.52. The van der Waals surface area contributed by atoms with Crippen LogP contribution >= 0.6 is 0 Å². The summed E-state index contributed by atoms with van der Waals surface area (Å²) >= 11 is 0. The van der Waals surface area contributed by atoms with Crippen molar-refractivity contribution in [3.8, 4) is 0 Å². The van der Waals surface area contributed by atoms with Crippen molar-refractivity contribution in [2.45, 2.75) is 31.5 Å². The van der Waals surface area contributed by atoms with Crippen LogP contribution in [0, 0.1) is 15.9 Å². The van der Waals surface area contributed by atoms with Crippen LogP contribution in [0.3, 0.4) is 0 Å². The maximum Gasteiger partial charge on any atom is 0.417 e. The number of hydrogen-bond acceptors (Lipinski definition) is 6. The van der Waals surface area contributed by atoms with Crippen molar-refractivity contribution < 1.29 is 23.6 Å². The quantitative estimate of drug-likeness (QED) is 0.443. The molecule has 0 N–H and O–H groups in total. The van der Waals surface area contributed by atoms with Gasteiger partial charge in [-0.05, 0) is 35.4 Å². The average Bonchev–Trinajstić information content (AvgIpc) is 3.39. The van der Waals surface area contributed by atoms with Crippen molar-refractivity contribution in [3.63, 3.8) is 0 Å². The van der Waals surface area contributed by atoms with Gasteiger partial charge in [-0.3, -0.25) is 9.36 Å². The maximum absolute atomic E-state index is 14.9. The van der Waals surface area contributed by atoms with Gasteiger partial charge in [-0.2, -0.15) is 0 Å². The number of imide groups is 1. The highest BCUT2D eigenvalue weighted by Gasteiger charge is 2.52. The summed E-state index contributed by atoms with van der Waals surface area (Å²) in [5, 5.41) is 11.2. The molecule has 164 valence electrons. The zero-order chi connectivity index (χ0) is 23.0. The van der Waals surface area contributed by atoms with Crippen molar-refractivity contribution >= 4 is 17.8 Å². The highest BCUT2D eigenvalue weighted by Crippen LogP contribution is 2.38. The molecule has 0 bridgehead atoms. The van der Waals surface area contributed by atoms with Crippen molar-refractivity contribution in [2.75, 3.05) is 0 Å². The van der Waals surface area contributed by atoms with E-state index >= 15 is 0 Å². The number of halogens is 1. The van der Waals surface area contributed by atoms with E-state index in [1.54, 1.807) is 31.2 Å². The molecule has 1 saturated heterocycles. The Morgan fingerprint density at radius 2 is 1.84 bits per heavy atom. The number of nitrogens with zero attached hydrogens (tertiary/aromatic N) is 4. The number of aromatic nitrogens is 2. The monoisotopic (exact) mass is 438 g/mol. The number of benzene rings is 2. The lowest BCUT2D eigenvalue weighted by atomic mass is 9.88. The molecule has 3 atom stereocenters. The van der Waals surface area contributed by atoms with Crippen LogP contribution in [-0.2, 0) is 15.1 Å². The zero-order valence-electron chi connectivity index (χ0n) is 17.2. The third-order valence-electron chi connectivity index (χ3n) is 5.70. The predicted molar refractivity (Wildman–Crippen MR) is 110 cm³/mol. The van der Waals surface area contributed by atoms with Gasteiger partial charge in [0.2, 0.25) is 6.33 Å². The molecule has 3 aromatic rings. The fourth-order valence-corrected chi connectivity index (χ4v) is 3.93. The van der Waals surface area contributed by atoms with Crippen molar-refractivity contribution in [2.24, 2.45) is 0 Å². The largest absolute Gasteiger partial charge is 0.439 e. The van der Waals surface area contributed by atoms with Crippen LogP contribution in [-0.4, -0.2) is 37.4 Å². The minimum absolute atomic E-state index is 0.0690. The summed E-state index contributed by atoms with van der Waals surface area (Å²) in [6, 6.07) is 13.8. The molecule has 3 unspecified atom stereocenters. The molecule has 9 nitrogen and oxygen atoms in total. The molecule has 0 saturated carbocycles. The van der Waals surface area contributed by atoms with Crippen LogP contribution < -0.4 is 0 Å². The normalized spacial score (nSPS) is 20.0. The highest BCUT2D eigenvalue weighted by molar-refractivity contribution is 5.99. The topological polar surface area (TPSA) is 108 Å². The highest BCUT2D eigenvalue weighted by atomic mass is 19.1. The summed E-state index contributed by atoms with van der Waals surface area (Å²) in [6.07, 6.45) is 0.511. The van der Waals surface area contributed by atoms with Gasteiger partial charge in [0, 0.05) is 5.56 Å². The minimum Gasteiger partial charge on any atom is -0.439 e. The first-order valence-electron chi connectivity index (χ1n) is 9.78. The molecule has 32 heavy (non-hydrogen) atoms. The standard InChI is InChI=1S/C22H19FN4O5/c1-14-19(15-8-4-3-5-9-15)32-21(29)26(14)20(28)22(2,16-10-6-7-11-17(16)23)25-12-18(24-13-25)27(30)31/h3-14,19H,1-2H3. The lowest BCUT2D eigenvalue weighted by molar-refractivity contribution is -0.389. The molecule has 2 aromatic carbocycles. The maximum atomic E-state index is 14.9. The second kappa shape index (κ2) is 7.88. The molecule has 1 aliphatic heterocycles. The van der Waals surface area contributed by atoms with Crippen LogP contribution in [0.4, 0.5) is 15.0 Å². The Labute approximate surface area is 182 Å². The van der Waals surface area contributed by atoms with E-state index in [1.807, 2.05) is 6.07 Å². The number of rotatable bonds is 5. The first-order chi connectivity index (χ1) is 15.2. The first-order valence-corrected chi connectivity index (χ1v) is 9.78. The molecule has 1 fully saturated rings. The van der Waals surface area contributed by atoms with Gasteiger partial charge in [0.1, 0.15) is 18.1 Å². The molecule has 0 radical (unpaired) electrons. The lowest BCUT2D eigenvalue weighted by Gasteiger charge is -2.33. The second-order valence-corrected chi connectivity index (χ2v) is 7.58. The minimum atomic E-state index is -1.84. The van der Waals surface area contributed by atoms with Gasteiger partial charge in [0.15, 0.2) is 5.54 Å². The molecule has 0 aliphatic carbocycles. The van der Waals surface area contributed by atoms with E-state index in [2.05, 4.69) is 4.98 Å². The van der Waals surface area contributed by atoms with E-state index < -0.39 is 46.2 Å².